The molecule has 0 radical (unpaired) electrons. The minimum Gasteiger partial charge on any atom is -0.445 e. The fourth-order valence-electron chi connectivity index (χ4n) is 5.18. The van der Waals surface area contributed by atoms with Crippen molar-refractivity contribution in [3.05, 3.63) is 71.1 Å². The number of aromatic nitrogens is 1. The number of nitrogens with zero attached hydrogens (tertiary/aromatic N) is 2. The molecule has 6 rings (SSSR count). The van der Waals surface area contributed by atoms with E-state index >= 15 is 0 Å². The highest BCUT2D eigenvalue weighted by atomic mass is 32.2. The molecule has 0 spiro atoms. The number of nitrogens with one attached hydrogen (secondary N) is 3. The Morgan fingerprint density at radius 3 is 2.59 bits per heavy atom. The van der Waals surface area contributed by atoms with E-state index in [9.17, 15) is 14.4 Å². The van der Waals surface area contributed by atoms with Crippen molar-refractivity contribution >= 4 is 46.1 Å². The molecule has 3 atom stereocenters. The van der Waals surface area contributed by atoms with Crippen molar-refractivity contribution in [2.24, 2.45) is 5.92 Å². The molecule has 3 aromatic rings. The van der Waals surface area contributed by atoms with Gasteiger partial charge < -0.3 is 20.7 Å². The van der Waals surface area contributed by atoms with E-state index < -0.39 is 12.1 Å². The largest absolute Gasteiger partial charge is 0.445 e. The molecule has 11 heteroatoms. The van der Waals surface area contributed by atoms with Crippen molar-refractivity contribution < 1.29 is 19.1 Å². The lowest BCUT2D eigenvalue weighted by Crippen LogP contribution is -2.51. The number of carbonyl (C=O) groups is 3. The van der Waals surface area contributed by atoms with Crippen LogP contribution in [0.3, 0.4) is 0 Å². The van der Waals surface area contributed by atoms with Crippen molar-refractivity contribution in [3.8, 4) is 11.3 Å². The quantitative estimate of drug-likeness (QED) is 0.348. The van der Waals surface area contributed by atoms with E-state index in [4.69, 9.17) is 4.74 Å². The van der Waals surface area contributed by atoms with Crippen LogP contribution in [0.25, 0.3) is 11.3 Å². The Labute approximate surface area is 247 Å². The van der Waals surface area contributed by atoms with Crippen molar-refractivity contribution in [3.63, 3.8) is 0 Å². The first kappa shape index (κ1) is 27.7. The van der Waals surface area contributed by atoms with Gasteiger partial charge in [0, 0.05) is 40.8 Å². The average molecular weight is 592 g/mol. The lowest BCUT2D eigenvalue weighted by atomic mass is 9.98. The maximum atomic E-state index is 13.5. The fraction of sp³-hybridized carbons (Fsp3) is 0.400. The van der Waals surface area contributed by atoms with Crippen LogP contribution in [0, 0.1) is 5.92 Å². The van der Waals surface area contributed by atoms with Crippen LogP contribution < -0.4 is 16.0 Å². The highest BCUT2D eigenvalue weighted by Gasteiger charge is 2.46. The molecule has 2 unspecified atom stereocenters. The molecular formula is C30H33N5O4S2. The molecule has 214 valence electrons. The third-order valence-corrected chi connectivity index (χ3v) is 9.80. The Hall–Kier alpha value is -3.41. The molecule has 3 heterocycles. The monoisotopic (exact) mass is 591 g/mol. The summed E-state index contributed by atoms with van der Waals surface area (Å²) in [6, 6.07) is 16.5. The van der Waals surface area contributed by atoms with Crippen molar-refractivity contribution in [1.82, 2.24) is 20.5 Å². The fourth-order valence-corrected chi connectivity index (χ4v) is 7.49. The second-order valence-electron chi connectivity index (χ2n) is 10.6. The van der Waals surface area contributed by atoms with E-state index in [-0.39, 0.29) is 29.7 Å². The third-order valence-electron chi connectivity index (χ3n) is 7.58. The minimum absolute atomic E-state index is 0.0612. The minimum atomic E-state index is -0.660. The number of ether oxygens (including phenoxy) is 1. The second kappa shape index (κ2) is 12.6. The van der Waals surface area contributed by atoms with Gasteiger partial charge in [-0.1, -0.05) is 42.5 Å². The number of amides is 3. The van der Waals surface area contributed by atoms with Crippen LogP contribution in [-0.4, -0.2) is 64.1 Å². The summed E-state index contributed by atoms with van der Waals surface area (Å²) >= 11 is 2.97. The van der Waals surface area contributed by atoms with Crippen LogP contribution >= 0.6 is 23.1 Å². The molecule has 41 heavy (non-hydrogen) atoms. The number of anilines is 1. The Bertz CT molecular complexity index is 1370. The highest BCUT2D eigenvalue weighted by Crippen LogP contribution is 2.38. The average Bonchev–Trinajstić information content (AvgIpc) is 3.51. The van der Waals surface area contributed by atoms with Crippen LogP contribution in [0.15, 0.2) is 60.0 Å². The predicted octanol–water partition coefficient (Wildman–Crippen LogP) is 4.72. The lowest BCUT2D eigenvalue weighted by molar-refractivity contribution is -0.120. The number of carbonyl (C=O) groups excluding carboxylic acids is 3. The highest BCUT2D eigenvalue weighted by molar-refractivity contribution is 8.00. The summed E-state index contributed by atoms with van der Waals surface area (Å²) in [6.45, 7) is 1.94. The first-order valence-electron chi connectivity index (χ1n) is 14.0. The van der Waals surface area contributed by atoms with E-state index in [0.717, 1.165) is 49.9 Å². The topological polar surface area (TPSA) is 113 Å². The second-order valence-corrected chi connectivity index (χ2v) is 12.7. The summed E-state index contributed by atoms with van der Waals surface area (Å²) in [6.07, 6.45) is 3.65. The molecular weight excluding hydrogens is 558 g/mol. The summed E-state index contributed by atoms with van der Waals surface area (Å²) in [5, 5.41) is 11.6. The number of thioether (sulfide) groups is 1. The smallest absolute Gasteiger partial charge is 0.411 e. The Balaban J connectivity index is 1.12. The lowest BCUT2D eigenvalue weighted by Gasteiger charge is -2.34. The van der Waals surface area contributed by atoms with Crippen LogP contribution in [0.5, 0.6) is 0 Å². The summed E-state index contributed by atoms with van der Waals surface area (Å²) < 4.78 is 5.71. The summed E-state index contributed by atoms with van der Waals surface area (Å²) in [5.41, 5.74) is 3.09. The van der Waals surface area contributed by atoms with Gasteiger partial charge in [-0.3, -0.25) is 14.5 Å². The van der Waals surface area contributed by atoms with E-state index in [1.165, 1.54) is 11.3 Å². The molecule has 3 amide bonds. The van der Waals surface area contributed by atoms with Gasteiger partial charge in [-0.15, -0.1) is 23.1 Å². The molecule has 3 fully saturated rings. The van der Waals surface area contributed by atoms with E-state index in [1.807, 2.05) is 47.8 Å². The Kier molecular flexibility index (Phi) is 8.54. The molecule has 3 aliphatic rings. The van der Waals surface area contributed by atoms with Gasteiger partial charge >= 0.3 is 6.09 Å². The zero-order valence-electron chi connectivity index (χ0n) is 22.6. The molecule has 2 aromatic carbocycles. The van der Waals surface area contributed by atoms with Gasteiger partial charge in [-0.25, -0.2) is 9.78 Å². The number of hydrogen-bond acceptors (Lipinski definition) is 8. The number of thiazole rings is 1. The van der Waals surface area contributed by atoms with Crippen LogP contribution in [-0.2, 0) is 16.1 Å². The first-order chi connectivity index (χ1) is 20.0. The number of rotatable bonds is 8. The van der Waals surface area contributed by atoms with E-state index in [1.54, 1.807) is 28.8 Å². The standard InChI is InChI=1S/C30H33N5O4S2/c36-26(32-23-12-13-23)21-10-8-20(9-11-21)24-17-41-29(33-24)34-27(37)25-18-40-28(22-7-4-14-31-15-22)35(25)30(38)39-16-19-5-2-1-3-6-19/h1-3,5-6,8-11,17,22-23,25,28,31H,4,7,12-16,18H2,(H,32,36)(H,33,34,37)/t22?,25?,28-/m1/s1. The maximum Gasteiger partial charge on any atom is 0.411 e. The molecule has 9 nitrogen and oxygen atoms in total. The molecule has 1 aromatic heterocycles. The summed E-state index contributed by atoms with van der Waals surface area (Å²) in [4.78, 5) is 45.5. The van der Waals surface area contributed by atoms with Gasteiger partial charge in [0.15, 0.2) is 5.13 Å². The predicted molar refractivity (Wildman–Crippen MR) is 161 cm³/mol. The van der Waals surface area contributed by atoms with Crippen molar-refractivity contribution in [2.75, 3.05) is 24.2 Å². The van der Waals surface area contributed by atoms with Crippen LogP contribution in [0.2, 0.25) is 0 Å². The molecule has 2 saturated heterocycles. The Morgan fingerprint density at radius 2 is 1.85 bits per heavy atom. The van der Waals surface area contributed by atoms with E-state index in [0.29, 0.717) is 28.2 Å². The van der Waals surface area contributed by atoms with Gasteiger partial charge in [-0.05, 0) is 49.9 Å². The number of benzene rings is 2. The van der Waals surface area contributed by atoms with Gasteiger partial charge in [-0.2, -0.15) is 0 Å². The van der Waals surface area contributed by atoms with Gasteiger partial charge in [0.2, 0.25) is 5.91 Å². The molecule has 3 N–H and O–H groups in total. The maximum absolute atomic E-state index is 13.5. The molecule has 1 aliphatic carbocycles. The Morgan fingerprint density at radius 1 is 1.05 bits per heavy atom. The van der Waals surface area contributed by atoms with Crippen molar-refractivity contribution in [1.29, 1.82) is 0 Å². The molecule has 1 saturated carbocycles. The number of piperidine rings is 1. The first-order valence-corrected chi connectivity index (χ1v) is 16.0. The zero-order valence-corrected chi connectivity index (χ0v) is 24.2. The SMILES string of the molecule is O=C(NC1CC1)c1ccc(-c2csc(NC(=O)C3CS[C@H](C4CCCNC4)N3C(=O)OCc3ccccc3)n2)cc1. The van der Waals surface area contributed by atoms with Gasteiger partial charge in [0.1, 0.15) is 12.6 Å². The zero-order chi connectivity index (χ0) is 28.2. The van der Waals surface area contributed by atoms with Gasteiger partial charge in [0.25, 0.3) is 5.91 Å². The normalized spacial score (nSPS) is 22.2. The third kappa shape index (κ3) is 6.74. The molecule has 2 aliphatic heterocycles. The molecule has 0 bridgehead atoms. The number of hydrogen-bond donors (Lipinski definition) is 3. The van der Waals surface area contributed by atoms with Crippen LogP contribution in [0.1, 0.15) is 41.6 Å². The van der Waals surface area contributed by atoms with Crippen LogP contribution in [0.4, 0.5) is 9.93 Å². The summed E-state index contributed by atoms with van der Waals surface area (Å²) in [7, 11) is 0. The van der Waals surface area contributed by atoms with Crippen molar-refractivity contribution in [2.45, 2.75) is 49.7 Å². The summed E-state index contributed by atoms with van der Waals surface area (Å²) in [5.74, 6) is 0.412. The van der Waals surface area contributed by atoms with Gasteiger partial charge in [0.05, 0.1) is 11.1 Å². The van der Waals surface area contributed by atoms with E-state index in [2.05, 4.69) is 20.9 Å².